The van der Waals surface area contributed by atoms with Crippen LogP contribution in [0.1, 0.15) is 6.23 Å². The predicted molar refractivity (Wildman–Crippen MR) is 94.0 cm³/mol. The Morgan fingerprint density at radius 3 is 2.57 bits per heavy atom. The first kappa shape index (κ1) is 21.7. The van der Waals surface area contributed by atoms with E-state index in [1.807, 2.05) is 4.98 Å². The monoisotopic (exact) mass is 520 g/mol. The van der Waals surface area contributed by atoms with E-state index in [-0.39, 0.29) is 0 Å². The smallest absolute Gasteiger partial charge is 0.330 e. The van der Waals surface area contributed by atoms with Gasteiger partial charge in [0.15, 0.2) is 6.23 Å². The molecule has 158 valence electrons. The van der Waals surface area contributed by atoms with Crippen molar-refractivity contribution in [2.45, 2.75) is 53.0 Å². The fourth-order valence-corrected chi connectivity index (χ4v) is 3.52. The molecule has 0 amide bonds. The Balaban J connectivity index is 1.68. The number of H-pyrrole nitrogens is 1. The molecule has 6 N–H and O–H groups in total. The minimum absolute atomic E-state index is 0.597. The standard InChI is InChI=1S/C14H18FIN2O10/c15-14(25)9(22)8(10(16)23)28-12(14)26-3-4-6(20)7(21)11(27-4)18-2-1-5(19)17-13(18)24/h1-2,4,6-12,20-23,25H,3H2,(H,17,19,24)/t4-,6-,7-,8+,9-,10?,11-,12?,14+/m1/s1. The van der Waals surface area contributed by atoms with Gasteiger partial charge in [-0.15, -0.1) is 0 Å². The maximum atomic E-state index is 14.3. The van der Waals surface area contributed by atoms with Gasteiger partial charge in [0.1, 0.15) is 34.6 Å². The Labute approximate surface area is 169 Å². The second-order valence-corrected chi connectivity index (χ2v) is 7.65. The minimum atomic E-state index is -3.34. The lowest BCUT2D eigenvalue weighted by Gasteiger charge is -2.24. The number of nitrogens with one attached hydrogen (secondary N) is 1. The number of aliphatic hydroxyl groups is 5. The average Bonchev–Trinajstić information content (AvgIpc) is 3.01. The van der Waals surface area contributed by atoms with Crippen LogP contribution in [0.4, 0.5) is 4.39 Å². The number of alkyl halides is 2. The Bertz CT molecular complexity index is 816. The number of aromatic nitrogens is 2. The Hall–Kier alpha value is -0.980. The second-order valence-electron chi connectivity index (χ2n) is 6.37. The summed E-state index contributed by atoms with van der Waals surface area (Å²) in [7, 11) is 0. The number of nitrogens with zero attached hydrogens (tertiary/aromatic N) is 1. The zero-order valence-corrected chi connectivity index (χ0v) is 16.1. The molecule has 28 heavy (non-hydrogen) atoms. The van der Waals surface area contributed by atoms with Gasteiger partial charge in [0, 0.05) is 12.3 Å². The van der Waals surface area contributed by atoms with Gasteiger partial charge >= 0.3 is 5.69 Å². The highest BCUT2D eigenvalue weighted by Crippen LogP contribution is 2.37. The number of aliphatic hydroxyl groups excluding tert-OH is 4. The third-order valence-corrected chi connectivity index (χ3v) is 5.19. The van der Waals surface area contributed by atoms with E-state index in [1.165, 1.54) is 22.6 Å². The van der Waals surface area contributed by atoms with Crippen molar-refractivity contribution in [1.82, 2.24) is 9.55 Å². The summed E-state index contributed by atoms with van der Waals surface area (Å²) >= 11 is 1.46. The number of aromatic amines is 1. The summed E-state index contributed by atoms with van der Waals surface area (Å²) in [6, 6.07) is 1.01. The van der Waals surface area contributed by atoms with Crippen molar-refractivity contribution < 1.29 is 44.1 Å². The van der Waals surface area contributed by atoms with Gasteiger partial charge in [-0.1, -0.05) is 0 Å². The lowest BCUT2D eigenvalue weighted by molar-refractivity contribution is -0.267. The summed E-state index contributed by atoms with van der Waals surface area (Å²) < 4.78 is 29.2. The van der Waals surface area contributed by atoms with Crippen LogP contribution in [0.5, 0.6) is 0 Å². The first-order chi connectivity index (χ1) is 13.0. The van der Waals surface area contributed by atoms with Crippen LogP contribution in [-0.2, 0) is 14.2 Å². The molecule has 3 rings (SSSR count). The summed E-state index contributed by atoms with van der Waals surface area (Å²) in [5.41, 5.74) is -1.55. The first-order valence-corrected chi connectivity index (χ1v) is 9.30. The molecule has 2 aliphatic heterocycles. The number of hydrogen-bond donors (Lipinski definition) is 6. The average molecular weight is 520 g/mol. The van der Waals surface area contributed by atoms with Crippen LogP contribution in [-0.4, -0.2) is 88.5 Å². The van der Waals surface area contributed by atoms with Crippen molar-refractivity contribution in [1.29, 1.82) is 0 Å². The summed E-state index contributed by atoms with van der Waals surface area (Å²) in [5, 5.41) is 49.1. The molecule has 0 saturated carbocycles. The van der Waals surface area contributed by atoms with Gasteiger partial charge < -0.3 is 39.7 Å². The molecule has 12 nitrogen and oxygen atoms in total. The highest BCUT2D eigenvalue weighted by molar-refractivity contribution is 14.1. The maximum absolute atomic E-state index is 14.3. The van der Waals surface area contributed by atoms with Gasteiger partial charge in [0.2, 0.25) is 6.29 Å². The van der Waals surface area contributed by atoms with Crippen molar-refractivity contribution in [2.75, 3.05) is 6.61 Å². The molecule has 2 saturated heterocycles. The molecule has 0 bridgehead atoms. The van der Waals surface area contributed by atoms with Gasteiger partial charge in [-0.3, -0.25) is 14.3 Å². The third-order valence-electron chi connectivity index (χ3n) is 4.48. The van der Waals surface area contributed by atoms with Crippen molar-refractivity contribution in [2.24, 2.45) is 0 Å². The quantitative estimate of drug-likeness (QED) is 0.170. The summed E-state index contributed by atoms with van der Waals surface area (Å²) in [4.78, 5) is 24.9. The van der Waals surface area contributed by atoms with Crippen LogP contribution < -0.4 is 11.2 Å². The van der Waals surface area contributed by atoms with E-state index in [0.29, 0.717) is 0 Å². The molecule has 2 unspecified atom stereocenters. The van der Waals surface area contributed by atoms with Gasteiger partial charge in [-0.2, -0.15) is 0 Å². The second kappa shape index (κ2) is 8.04. The van der Waals surface area contributed by atoms with Gasteiger partial charge in [-0.25, -0.2) is 9.18 Å². The highest BCUT2D eigenvalue weighted by atomic mass is 127. The van der Waals surface area contributed by atoms with Crippen LogP contribution >= 0.6 is 22.6 Å². The number of ether oxygens (including phenoxy) is 3. The zero-order valence-electron chi connectivity index (χ0n) is 14.0. The molecule has 9 atom stereocenters. The van der Waals surface area contributed by atoms with E-state index >= 15 is 0 Å². The molecule has 14 heteroatoms. The van der Waals surface area contributed by atoms with E-state index in [1.54, 1.807) is 0 Å². The van der Waals surface area contributed by atoms with Crippen molar-refractivity contribution >= 4 is 22.6 Å². The van der Waals surface area contributed by atoms with E-state index in [2.05, 4.69) is 0 Å². The Kier molecular flexibility index (Phi) is 6.23. The van der Waals surface area contributed by atoms with Crippen LogP contribution in [0.15, 0.2) is 21.9 Å². The lowest BCUT2D eigenvalue weighted by atomic mass is 10.1. The normalized spacial score (nSPS) is 42.0. The Morgan fingerprint density at radius 2 is 2.00 bits per heavy atom. The van der Waals surface area contributed by atoms with Crippen LogP contribution in [0.2, 0.25) is 0 Å². The summed E-state index contributed by atoms with van der Waals surface area (Å²) in [5.74, 6) is -3.34. The van der Waals surface area contributed by atoms with Crippen LogP contribution in [0, 0.1) is 0 Å². The molecular weight excluding hydrogens is 502 g/mol. The number of halogens is 2. The van der Waals surface area contributed by atoms with Crippen molar-refractivity contribution in [3.8, 4) is 0 Å². The van der Waals surface area contributed by atoms with Crippen LogP contribution in [0.25, 0.3) is 0 Å². The molecule has 0 spiro atoms. The van der Waals surface area contributed by atoms with Gasteiger partial charge in [0.05, 0.1) is 6.61 Å². The first-order valence-electron chi connectivity index (χ1n) is 8.05. The molecule has 0 aromatic carbocycles. The molecular formula is C14H18FIN2O10. The Morgan fingerprint density at radius 1 is 1.32 bits per heavy atom. The van der Waals surface area contributed by atoms with Gasteiger partial charge in [-0.05, 0) is 22.6 Å². The number of rotatable bonds is 5. The lowest BCUT2D eigenvalue weighted by Crippen LogP contribution is -2.47. The molecule has 3 heterocycles. The molecule has 1 aromatic heterocycles. The minimum Gasteiger partial charge on any atom is -0.387 e. The number of hydrogen-bond acceptors (Lipinski definition) is 10. The molecule has 1 aromatic rings. The van der Waals surface area contributed by atoms with Gasteiger partial charge in [0.25, 0.3) is 11.4 Å². The largest absolute Gasteiger partial charge is 0.387 e. The zero-order chi connectivity index (χ0) is 20.8. The molecule has 0 radical (unpaired) electrons. The van der Waals surface area contributed by atoms with Crippen molar-refractivity contribution in [3.05, 3.63) is 33.1 Å². The van der Waals surface area contributed by atoms with Crippen molar-refractivity contribution in [3.63, 3.8) is 0 Å². The fourth-order valence-electron chi connectivity index (χ4n) is 2.96. The van der Waals surface area contributed by atoms with E-state index < -0.39 is 70.9 Å². The summed E-state index contributed by atoms with van der Waals surface area (Å²) in [6.45, 7) is -0.597. The third kappa shape index (κ3) is 3.88. The highest BCUT2D eigenvalue weighted by Gasteiger charge is 2.59. The maximum Gasteiger partial charge on any atom is 0.330 e. The van der Waals surface area contributed by atoms with Crippen LogP contribution in [0.3, 0.4) is 0 Å². The summed E-state index contributed by atoms with van der Waals surface area (Å²) in [6.07, 6.45) is -10.3. The van der Waals surface area contributed by atoms with E-state index in [9.17, 15) is 39.5 Å². The SMILES string of the molecule is O=c1ccn([C@@H]2O[C@H](COC3O[C@H](C(O)I)[C@@H](O)[C@@]3(O)F)[C@@H](O)[C@H]2O)c(=O)[nH]1. The van der Waals surface area contributed by atoms with E-state index in [0.717, 1.165) is 16.8 Å². The molecule has 0 aliphatic carbocycles. The van der Waals surface area contributed by atoms with E-state index in [4.69, 9.17) is 14.2 Å². The molecule has 2 aliphatic rings. The molecule has 2 fully saturated rings. The predicted octanol–water partition coefficient (Wildman–Crippen LogP) is -3.33. The topological polar surface area (TPSA) is 184 Å². The fraction of sp³-hybridized carbons (Fsp3) is 0.714.